The zero-order valence-electron chi connectivity index (χ0n) is 13.4. The molecule has 4 heteroatoms. The van der Waals surface area contributed by atoms with E-state index in [1.54, 1.807) is 0 Å². The first-order valence-electron chi connectivity index (χ1n) is 8.01. The fourth-order valence-corrected chi connectivity index (χ4v) is 2.59. The van der Waals surface area contributed by atoms with E-state index in [-0.39, 0.29) is 6.10 Å². The first kappa shape index (κ1) is 15.8. The summed E-state index contributed by atoms with van der Waals surface area (Å²) < 4.78 is 8.07. The highest BCUT2D eigenvalue weighted by Gasteiger charge is 2.11. The van der Waals surface area contributed by atoms with E-state index in [0.717, 1.165) is 30.1 Å². The number of fused-ring (bicyclic) bond motifs is 1. The Morgan fingerprint density at radius 1 is 1.29 bits per heavy atom. The third kappa shape index (κ3) is 3.97. The highest BCUT2D eigenvalue weighted by molar-refractivity contribution is 5.77. The summed E-state index contributed by atoms with van der Waals surface area (Å²) in [6.45, 7) is 7.94. The first-order chi connectivity index (χ1) is 10.2. The number of rotatable bonds is 8. The van der Waals surface area contributed by atoms with Crippen LogP contribution in [-0.2, 0) is 13.0 Å². The lowest BCUT2D eigenvalue weighted by molar-refractivity contribution is 0.242. The van der Waals surface area contributed by atoms with Crippen molar-refractivity contribution in [3.05, 3.63) is 24.0 Å². The van der Waals surface area contributed by atoms with Gasteiger partial charge in [-0.15, -0.1) is 0 Å². The molecule has 2 rings (SSSR count). The van der Waals surface area contributed by atoms with Crippen LogP contribution in [0.3, 0.4) is 0 Å². The van der Waals surface area contributed by atoms with E-state index in [0.29, 0.717) is 6.54 Å². The number of benzene rings is 1. The van der Waals surface area contributed by atoms with Crippen molar-refractivity contribution in [1.29, 1.82) is 0 Å². The van der Waals surface area contributed by atoms with E-state index < -0.39 is 0 Å². The van der Waals surface area contributed by atoms with Crippen LogP contribution in [0.2, 0.25) is 0 Å². The molecule has 0 aliphatic carbocycles. The molecule has 4 nitrogen and oxygen atoms in total. The molecule has 1 aromatic heterocycles. The monoisotopic (exact) mass is 289 g/mol. The summed E-state index contributed by atoms with van der Waals surface area (Å²) >= 11 is 0. The van der Waals surface area contributed by atoms with Gasteiger partial charge in [0, 0.05) is 19.0 Å². The molecule has 0 saturated heterocycles. The molecule has 0 radical (unpaired) electrons. The molecule has 0 saturated carbocycles. The maximum atomic E-state index is 5.76. The molecule has 116 valence electrons. The van der Waals surface area contributed by atoms with E-state index in [4.69, 9.17) is 15.5 Å². The standard InChI is InChI=1S/C17H27N3O/c1-4-5-6-11-20-16-8-7-14(21-13(2)3)12-15(16)19-17(20)9-10-18/h7-8,12-13H,4-6,9-11,18H2,1-3H3. The minimum atomic E-state index is 0.178. The average molecular weight is 289 g/mol. The Kier molecular flexibility index (Phi) is 5.62. The maximum absolute atomic E-state index is 5.76. The number of hydrogen-bond donors (Lipinski definition) is 1. The number of unbranched alkanes of at least 4 members (excludes halogenated alkanes) is 2. The molecule has 1 aromatic carbocycles. The van der Waals surface area contributed by atoms with Crippen LogP contribution in [0.5, 0.6) is 5.75 Å². The van der Waals surface area contributed by atoms with Gasteiger partial charge in [-0.1, -0.05) is 19.8 Å². The maximum Gasteiger partial charge on any atom is 0.121 e. The van der Waals surface area contributed by atoms with Crippen LogP contribution < -0.4 is 10.5 Å². The second kappa shape index (κ2) is 7.46. The Morgan fingerprint density at radius 2 is 2.10 bits per heavy atom. The topological polar surface area (TPSA) is 53.1 Å². The number of ether oxygens (including phenoxy) is 1. The van der Waals surface area contributed by atoms with E-state index in [1.807, 2.05) is 26.0 Å². The van der Waals surface area contributed by atoms with Gasteiger partial charge in [0.2, 0.25) is 0 Å². The minimum Gasteiger partial charge on any atom is -0.491 e. The second-order valence-electron chi connectivity index (χ2n) is 5.74. The Hall–Kier alpha value is -1.55. The molecule has 0 bridgehead atoms. The quantitative estimate of drug-likeness (QED) is 0.757. The van der Waals surface area contributed by atoms with Gasteiger partial charge in [0.25, 0.3) is 0 Å². The fourth-order valence-electron chi connectivity index (χ4n) is 2.59. The lowest BCUT2D eigenvalue weighted by Crippen LogP contribution is -2.10. The number of imidazole rings is 1. The molecule has 2 aromatic rings. The smallest absolute Gasteiger partial charge is 0.121 e. The molecular formula is C17H27N3O. The third-order valence-corrected chi connectivity index (χ3v) is 3.52. The van der Waals surface area contributed by atoms with E-state index in [9.17, 15) is 0 Å². The molecule has 0 amide bonds. The largest absolute Gasteiger partial charge is 0.491 e. The zero-order valence-corrected chi connectivity index (χ0v) is 13.4. The van der Waals surface area contributed by atoms with Gasteiger partial charge in [-0.3, -0.25) is 0 Å². The molecule has 0 aliphatic heterocycles. The van der Waals surface area contributed by atoms with Gasteiger partial charge in [0.15, 0.2) is 0 Å². The second-order valence-corrected chi connectivity index (χ2v) is 5.74. The third-order valence-electron chi connectivity index (χ3n) is 3.52. The summed E-state index contributed by atoms with van der Waals surface area (Å²) in [6.07, 6.45) is 4.66. The van der Waals surface area contributed by atoms with Crippen LogP contribution in [0.25, 0.3) is 11.0 Å². The van der Waals surface area contributed by atoms with Crippen molar-refractivity contribution in [1.82, 2.24) is 9.55 Å². The van der Waals surface area contributed by atoms with Gasteiger partial charge in [-0.2, -0.15) is 0 Å². The number of aryl methyl sites for hydroxylation is 1. The molecule has 1 heterocycles. The van der Waals surface area contributed by atoms with E-state index in [1.165, 1.54) is 24.8 Å². The van der Waals surface area contributed by atoms with E-state index in [2.05, 4.69) is 17.6 Å². The Balaban J connectivity index is 2.32. The highest BCUT2D eigenvalue weighted by Crippen LogP contribution is 2.23. The molecule has 2 N–H and O–H groups in total. The van der Waals surface area contributed by atoms with Crippen LogP contribution in [0.1, 0.15) is 45.9 Å². The summed E-state index contributed by atoms with van der Waals surface area (Å²) in [5.74, 6) is 1.97. The van der Waals surface area contributed by atoms with Crippen molar-refractivity contribution in [3.8, 4) is 5.75 Å². The van der Waals surface area contributed by atoms with Crippen molar-refractivity contribution in [2.24, 2.45) is 5.73 Å². The highest BCUT2D eigenvalue weighted by atomic mass is 16.5. The molecule has 0 fully saturated rings. The summed E-state index contributed by atoms with van der Waals surface area (Å²) in [4.78, 5) is 4.75. The van der Waals surface area contributed by atoms with Crippen molar-refractivity contribution in [2.45, 2.75) is 59.1 Å². The zero-order chi connectivity index (χ0) is 15.2. The van der Waals surface area contributed by atoms with Gasteiger partial charge in [-0.05, 0) is 38.9 Å². The van der Waals surface area contributed by atoms with Gasteiger partial charge in [0.1, 0.15) is 11.6 Å². The normalized spacial score (nSPS) is 11.5. The summed E-state index contributed by atoms with van der Waals surface area (Å²) in [6, 6.07) is 6.18. The van der Waals surface area contributed by atoms with Crippen LogP contribution >= 0.6 is 0 Å². The van der Waals surface area contributed by atoms with Crippen molar-refractivity contribution < 1.29 is 4.74 Å². The lowest BCUT2D eigenvalue weighted by atomic mass is 10.2. The van der Waals surface area contributed by atoms with Gasteiger partial charge in [-0.25, -0.2) is 4.98 Å². The average Bonchev–Trinajstić information content (AvgIpc) is 2.76. The molecule has 0 spiro atoms. The van der Waals surface area contributed by atoms with Crippen LogP contribution in [-0.4, -0.2) is 22.2 Å². The molecule has 0 aliphatic rings. The summed E-state index contributed by atoms with van der Waals surface area (Å²) in [5, 5.41) is 0. The number of nitrogens with zero attached hydrogens (tertiary/aromatic N) is 2. The predicted octanol–water partition coefficient (Wildman–Crippen LogP) is 3.51. The first-order valence-corrected chi connectivity index (χ1v) is 8.01. The van der Waals surface area contributed by atoms with Crippen molar-refractivity contribution in [3.63, 3.8) is 0 Å². The lowest BCUT2D eigenvalue weighted by Gasteiger charge is -2.10. The Bertz CT molecular complexity index is 575. The molecule has 0 unspecified atom stereocenters. The number of nitrogens with two attached hydrogens (primary N) is 1. The summed E-state index contributed by atoms with van der Waals surface area (Å²) in [5.41, 5.74) is 7.92. The minimum absolute atomic E-state index is 0.178. The van der Waals surface area contributed by atoms with Crippen LogP contribution in [0, 0.1) is 0 Å². The summed E-state index contributed by atoms with van der Waals surface area (Å²) in [7, 11) is 0. The van der Waals surface area contributed by atoms with Gasteiger partial charge < -0.3 is 15.0 Å². The predicted molar refractivity (Wildman–Crippen MR) is 87.8 cm³/mol. The fraction of sp³-hybridized carbons (Fsp3) is 0.588. The Morgan fingerprint density at radius 3 is 2.76 bits per heavy atom. The van der Waals surface area contributed by atoms with Gasteiger partial charge in [0.05, 0.1) is 17.1 Å². The Labute approximate surface area is 127 Å². The van der Waals surface area contributed by atoms with Gasteiger partial charge >= 0.3 is 0 Å². The van der Waals surface area contributed by atoms with Crippen molar-refractivity contribution >= 4 is 11.0 Å². The molecular weight excluding hydrogens is 262 g/mol. The molecule has 21 heavy (non-hydrogen) atoms. The number of hydrogen-bond acceptors (Lipinski definition) is 3. The SMILES string of the molecule is CCCCCn1c(CCN)nc2cc(OC(C)C)ccc21. The van der Waals surface area contributed by atoms with E-state index >= 15 is 0 Å². The van der Waals surface area contributed by atoms with Crippen molar-refractivity contribution in [2.75, 3.05) is 6.54 Å². The number of aromatic nitrogens is 2. The van der Waals surface area contributed by atoms with Crippen LogP contribution in [0.15, 0.2) is 18.2 Å². The molecule has 0 atom stereocenters. The van der Waals surface area contributed by atoms with Crippen LogP contribution in [0.4, 0.5) is 0 Å².